The zero-order valence-electron chi connectivity index (χ0n) is 8.82. The van der Waals surface area contributed by atoms with Crippen LogP contribution in [0, 0.1) is 12.3 Å². The summed E-state index contributed by atoms with van der Waals surface area (Å²) in [6, 6.07) is 0. The highest BCUT2D eigenvalue weighted by Gasteiger charge is 2.45. The summed E-state index contributed by atoms with van der Waals surface area (Å²) in [7, 11) is 0. The van der Waals surface area contributed by atoms with Gasteiger partial charge in [-0.2, -0.15) is 0 Å². The van der Waals surface area contributed by atoms with E-state index >= 15 is 0 Å². The molecule has 0 aromatic carbocycles. The van der Waals surface area contributed by atoms with Gasteiger partial charge in [0, 0.05) is 19.4 Å². The second kappa shape index (κ2) is 4.35. The highest BCUT2D eigenvalue weighted by molar-refractivity contribution is 5.87. The van der Waals surface area contributed by atoms with Crippen LogP contribution in [0.25, 0.3) is 0 Å². The quantitative estimate of drug-likeness (QED) is 0.701. The number of carbonyl (C=O) groups excluding carboxylic acids is 1. The van der Waals surface area contributed by atoms with Gasteiger partial charge in [-0.15, -0.1) is 12.3 Å². The van der Waals surface area contributed by atoms with Crippen molar-refractivity contribution < 1.29 is 14.7 Å². The van der Waals surface area contributed by atoms with Gasteiger partial charge in [-0.25, -0.2) is 4.79 Å². The number of carbonyl (C=O) groups is 2. The molecular weight excluding hydrogens is 194 g/mol. The number of carboxylic acids is 1. The Balaban J connectivity index is 2.73. The van der Waals surface area contributed by atoms with E-state index in [9.17, 15) is 9.59 Å². The molecule has 1 amide bonds. The van der Waals surface area contributed by atoms with Gasteiger partial charge in [-0.1, -0.05) is 0 Å². The lowest BCUT2D eigenvalue weighted by atomic mass is 9.99. The second-order valence-electron chi connectivity index (χ2n) is 3.93. The zero-order valence-corrected chi connectivity index (χ0v) is 8.82. The Kier molecular flexibility index (Phi) is 3.35. The second-order valence-corrected chi connectivity index (χ2v) is 3.93. The number of carboxylic acid groups (broad SMARTS) is 1. The number of aliphatic carboxylic acids is 1. The van der Waals surface area contributed by atoms with Crippen LogP contribution in [-0.2, 0) is 9.59 Å². The molecule has 1 heterocycles. The molecule has 0 bridgehead atoms. The average molecular weight is 209 g/mol. The molecule has 1 aliphatic rings. The molecule has 0 aliphatic carbocycles. The summed E-state index contributed by atoms with van der Waals surface area (Å²) >= 11 is 0. The predicted molar refractivity (Wildman–Crippen MR) is 55.1 cm³/mol. The lowest BCUT2D eigenvalue weighted by Gasteiger charge is -2.31. The average Bonchev–Trinajstić information content (AvgIpc) is 2.58. The fourth-order valence-corrected chi connectivity index (χ4v) is 1.90. The van der Waals surface area contributed by atoms with Crippen molar-refractivity contribution in [2.75, 3.05) is 6.54 Å². The van der Waals surface area contributed by atoms with Crippen LogP contribution in [0.3, 0.4) is 0 Å². The van der Waals surface area contributed by atoms with Gasteiger partial charge >= 0.3 is 5.97 Å². The van der Waals surface area contributed by atoms with Gasteiger partial charge in [0.05, 0.1) is 0 Å². The molecule has 0 spiro atoms. The Labute approximate surface area is 89.3 Å². The lowest BCUT2D eigenvalue weighted by molar-refractivity contribution is -0.155. The minimum atomic E-state index is -1.04. The van der Waals surface area contributed by atoms with E-state index in [1.165, 1.54) is 4.90 Å². The van der Waals surface area contributed by atoms with E-state index < -0.39 is 11.5 Å². The van der Waals surface area contributed by atoms with Gasteiger partial charge in [0.1, 0.15) is 5.54 Å². The zero-order chi connectivity index (χ0) is 11.5. The van der Waals surface area contributed by atoms with Gasteiger partial charge in [-0.3, -0.25) is 4.79 Å². The van der Waals surface area contributed by atoms with Crippen molar-refractivity contribution in [3.05, 3.63) is 0 Å². The summed E-state index contributed by atoms with van der Waals surface area (Å²) in [6.07, 6.45) is 6.93. The fraction of sp³-hybridized carbons (Fsp3) is 0.636. The number of nitrogens with zero attached hydrogens (tertiary/aromatic N) is 1. The summed E-state index contributed by atoms with van der Waals surface area (Å²) in [6.45, 7) is 2.11. The first-order chi connectivity index (χ1) is 7.02. The third kappa shape index (κ3) is 2.12. The van der Waals surface area contributed by atoms with Crippen molar-refractivity contribution in [3.8, 4) is 12.3 Å². The number of hydrogen-bond donors (Lipinski definition) is 1. The number of hydrogen-bond acceptors (Lipinski definition) is 2. The van der Waals surface area contributed by atoms with E-state index in [1.807, 2.05) is 0 Å². The molecule has 4 heteroatoms. The summed E-state index contributed by atoms with van der Waals surface area (Å²) in [5.74, 6) is 1.29. The minimum Gasteiger partial charge on any atom is -0.480 e. The Hall–Kier alpha value is -1.50. The number of terminal acetylenes is 1. The molecule has 1 aliphatic heterocycles. The van der Waals surface area contributed by atoms with Gasteiger partial charge < -0.3 is 10.0 Å². The van der Waals surface area contributed by atoms with Crippen LogP contribution >= 0.6 is 0 Å². The number of amides is 1. The van der Waals surface area contributed by atoms with Crippen LogP contribution < -0.4 is 0 Å². The van der Waals surface area contributed by atoms with Crippen LogP contribution in [-0.4, -0.2) is 34.0 Å². The smallest absolute Gasteiger partial charge is 0.329 e. The van der Waals surface area contributed by atoms with Crippen molar-refractivity contribution in [1.29, 1.82) is 0 Å². The van der Waals surface area contributed by atoms with E-state index in [-0.39, 0.29) is 12.3 Å². The highest BCUT2D eigenvalue weighted by atomic mass is 16.4. The maximum absolute atomic E-state index is 11.7. The monoisotopic (exact) mass is 209 g/mol. The van der Waals surface area contributed by atoms with E-state index in [4.69, 9.17) is 11.5 Å². The van der Waals surface area contributed by atoms with E-state index in [0.717, 1.165) is 6.42 Å². The van der Waals surface area contributed by atoms with Gasteiger partial charge in [-0.05, 0) is 19.8 Å². The van der Waals surface area contributed by atoms with Crippen molar-refractivity contribution >= 4 is 11.9 Å². The van der Waals surface area contributed by atoms with E-state index in [0.29, 0.717) is 19.4 Å². The third-order valence-electron chi connectivity index (χ3n) is 2.89. The maximum Gasteiger partial charge on any atom is 0.329 e. The van der Waals surface area contributed by atoms with Crippen molar-refractivity contribution in [1.82, 2.24) is 4.90 Å². The SMILES string of the molecule is C#CCCC(=O)N1CCCC1(C)C(=O)O. The Morgan fingerprint density at radius 3 is 2.80 bits per heavy atom. The van der Waals surface area contributed by atoms with E-state index in [1.54, 1.807) is 6.92 Å². The van der Waals surface area contributed by atoms with Gasteiger partial charge in [0.2, 0.25) is 5.91 Å². The summed E-state index contributed by atoms with van der Waals surface area (Å²) in [5, 5.41) is 9.08. The minimum absolute atomic E-state index is 0.157. The third-order valence-corrected chi connectivity index (χ3v) is 2.89. The van der Waals surface area contributed by atoms with Crippen molar-refractivity contribution in [3.63, 3.8) is 0 Å². The molecule has 0 aromatic heterocycles. The summed E-state index contributed by atoms with van der Waals surface area (Å²) < 4.78 is 0. The topological polar surface area (TPSA) is 57.6 Å². The number of likely N-dealkylation sites (tertiary alicyclic amines) is 1. The molecule has 1 atom stereocenters. The van der Waals surface area contributed by atoms with Gasteiger partial charge in [0.15, 0.2) is 0 Å². The van der Waals surface area contributed by atoms with E-state index in [2.05, 4.69) is 5.92 Å². The molecule has 0 radical (unpaired) electrons. The van der Waals surface area contributed by atoms with Crippen LogP contribution in [0.15, 0.2) is 0 Å². The maximum atomic E-state index is 11.7. The molecule has 1 N–H and O–H groups in total. The van der Waals surface area contributed by atoms with Crippen LogP contribution in [0.4, 0.5) is 0 Å². The normalized spacial score (nSPS) is 24.9. The largest absolute Gasteiger partial charge is 0.480 e. The lowest BCUT2D eigenvalue weighted by Crippen LogP contribution is -2.50. The highest BCUT2D eigenvalue weighted by Crippen LogP contribution is 2.29. The first-order valence-electron chi connectivity index (χ1n) is 4.99. The van der Waals surface area contributed by atoms with Crippen molar-refractivity contribution in [2.24, 2.45) is 0 Å². The summed E-state index contributed by atoms with van der Waals surface area (Å²) in [4.78, 5) is 24.2. The molecule has 0 aromatic rings. The molecule has 4 nitrogen and oxygen atoms in total. The standard InChI is InChI=1S/C11H15NO3/c1-3-4-6-9(13)12-8-5-7-11(12,2)10(14)15/h1H,4-8H2,2H3,(H,14,15). The Bertz CT molecular complexity index is 318. The van der Waals surface area contributed by atoms with Crippen LogP contribution in [0.1, 0.15) is 32.6 Å². The number of rotatable bonds is 3. The molecule has 82 valence electrons. The molecule has 0 saturated carbocycles. The molecular formula is C11H15NO3. The first-order valence-corrected chi connectivity index (χ1v) is 4.99. The predicted octanol–water partition coefficient (Wildman–Crippen LogP) is 0.865. The fourth-order valence-electron chi connectivity index (χ4n) is 1.90. The Morgan fingerprint density at radius 2 is 2.27 bits per heavy atom. The molecule has 1 unspecified atom stereocenters. The first kappa shape index (κ1) is 11.6. The molecule has 15 heavy (non-hydrogen) atoms. The molecule has 1 saturated heterocycles. The molecule has 1 rings (SSSR count). The van der Waals surface area contributed by atoms with Crippen LogP contribution in [0.2, 0.25) is 0 Å². The van der Waals surface area contributed by atoms with Crippen LogP contribution in [0.5, 0.6) is 0 Å². The summed E-state index contributed by atoms with van der Waals surface area (Å²) in [5.41, 5.74) is -1.04. The Morgan fingerprint density at radius 1 is 1.60 bits per heavy atom. The molecule has 1 fully saturated rings. The van der Waals surface area contributed by atoms with Crippen molar-refractivity contribution in [2.45, 2.75) is 38.1 Å². The van der Waals surface area contributed by atoms with Gasteiger partial charge in [0.25, 0.3) is 0 Å².